The number of hydrogen-bond acceptors (Lipinski definition) is 2. The van der Waals surface area contributed by atoms with Crippen molar-refractivity contribution in [2.45, 2.75) is 32.9 Å². The van der Waals surface area contributed by atoms with Gasteiger partial charge >= 0.3 is 0 Å². The zero-order chi connectivity index (χ0) is 10.7. The Labute approximate surface area is 92.3 Å². The largest absolute Gasteiger partial charge is 0.370 e. The molecule has 1 N–H and O–H groups in total. The average Bonchev–Trinajstić information content (AvgIpc) is 2.40. The Bertz CT molecular complexity index is 322. The number of benzene rings is 1. The van der Waals surface area contributed by atoms with Crippen molar-refractivity contribution in [1.82, 2.24) is 5.32 Å². The summed E-state index contributed by atoms with van der Waals surface area (Å²) >= 11 is 0. The van der Waals surface area contributed by atoms with Gasteiger partial charge < -0.3 is 10.2 Å². The minimum Gasteiger partial charge on any atom is -0.370 e. The highest BCUT2D eigenvalue weighted by atomic mass is 15.2. The highest BCUT2D eigenvalue weighted by Gasteiger charge is 2.17. The zero-order valence-electron chi connectivity index (χ0n) is 9.66. The smallest absolute Gasteiger partial charge is 0.0412 e. The Kier molecular flexibility index (Phi) is 3.27. The summed E-state index contributed by atoms with van der Waals surface area (Å²) in [7, 11) is 0. The first-order valence-corrected chi connectivity index (χ1v) is 5.87. The van der Waals surface area contributed by atoms with Gasteiger partial charge in [-0.25, -0.2) is 0 Å². The van der Waals surface area contributed by atoms with Gasteiger partial charge in [0.25, 0.3) is 0 Å². The van der Waals surface area contributed by atoms with Crippen molar-refractivity contribution in [1.29, 1.82) is 0 Å². The Hall–Kier alpha value is -1.02. The molecule has 1 heterocycles. The van der Waals surface area contributed by atoms with Crippen molar-refractivity contribution in [3.05, 3.63) is 29.8 Å². The SMILES string of the molecule is CCCN1CC(C)NCc2ccccc21. The lowest BCUT2D eigenvalue weighted by Crippen LogP contribution is -2.36. The summed E-state index contributed by atoms with van der Waals surface area (Å²) in [6, 6.07) is 9.30. The number of anilines is 1. The fraction of sp³-hybridized carbons (Fsp3) is 0.538. The van der Waals surface area contributed by atoms with Crippen LogP contribution in [0.15, 0.2) is 24.3 Å². The third-order valence-corrected chi connectivity index (χ3v) is 2.96. The predicted molar refractivity (Wildman–Crippen MR) is 65.2 cm³/mol. The Morgan fingerprint density at radius 1 is 1.40 bits per heavy atom. The summed E-state index contributed by atoms with van der Waals surface area (Å²) in [5.41, 5.74) is 2.84. The van der Waals surface area contributed by atoms with Crippen LogP contribution in [-0.2, 0) is 6.54 Å². The molecule has 2 rings (SSSR count). The van der Waals surface area contributed by atoms with Gasteiger partial charge in [-0.1, -0.05) is 25.1 Å². The standard InChI is InChI=1S/C13H20N2/c1-3-8-15-10-11(2)14-9-12-6-4-5-7-13(12)15/h4-7,11,14H,3,8-10H2,1-2H3. The molecule has 1 atom stereocenters. The molecule has 2 heteroatoms. The molecule has 15 heavy (non-hydrogen) atoms. The van der Waals surface area contributed by atoms with E-state index in [1.807, 2.05) is 0 Å². The van der Waals surface area contributed by atoms with Crippen LogP contribution in [0.4, 0.5) is 5.69 Å². The summed E-state index contributed by atoms with van der Waals surface area (Å²) < 4.78 is 0. The van der Waals surface area contributed by atoms with Crippen LogP contribution in [0.1, 0.15) is 25.8 Å². The van der Waals surface area contributed by atoms with E-state index in [4.69, 9.17) is 0 Å². The molecule has 1 aromatic carbocycles. The fourth-order valence-corrected chi connectivity index (χ4v) is 2.23. The number of nitrogens with zero attached hydrogens (tertiary/aromatic N) is 1. The molecule has 2 nitrogen and oxygen atoms in total. The maximum absolute atomic E-state index is 3.55. The molecule has 1 unspecified atom stereocenters. The van der Waals surface area contributed by atoms with E-state index in [1.54, 1.807) is 0 Å². The molecule has 1 aliphatic rings. The highest BCUT2D eigenvalue weighted by molar-refractivity contribution is 5.54. The molecule has 0 spiro atoms. The van der Waals surface area contributed by atoms with Gasteiger partial charge in [-0.2, -0.15) is 0 Å². The van der Waals surface area contributed by atoms with Gasteiger partial charge in [-0.15, -0.1) is 0 Å². The first kappa shape index (κ1) is 10.5. The second kappa shape index (κ2) is 4.67. The molecule has 0 fully saturated rings. The van der Waals surface area contributed by atoms with Crippen LogP contribution >= 0.6 is 0 Å². The van der Waals surface area contributed by atoms with Gasteiger partial charge in [0.1, 0.15) is 0 Å². The minimum absolute atomic E-state index is 0.573. The Morgan fingerprint density at radius 2 is 2.20 bits per heavy atom. The molecule has 0 radical (unpaired) electrons. The number of rotatable bonds is 2. The van der Waals surface area contributed by atoms with Crippen molar-refractivity contribution in [2.24, 2.45) is 0 Å². The van der Waals surface area contributed by atoms with E-state index < -0.39 is 0 Å². The van der Waals surface area contributed by atoms with Crippen LogP contribution in [0.2, 0.25) is 0 Å². The summed E-state index contributed by atoms with van der Waals surface area (Å²) in [5.74, 6) is 0. The van der Waals surface area contributed by atoms with E-state index in [0.29, 0.717) is 6.04 Å². The van der Waals surface area contributed by atoms with Crippen LogP contribution in [0.25, 0.3) is 0 Å². The van der Waals surface area contributed by atoms with Crippen molar-refractivity contribution < 1.29 is 0 Å². The van der Waals surface area contributed by atoms with Gasteiger partial charge in [-0.3, -0.25) is 0 Å². The summed E-state index contributed by atoms with van der Waals surface area (Å²) in [5, 5.41) is 3.55. The highest BCUT2D eigenvalue weighted by Crippen LogP contribution is 2.23. The van der Waals surface area contributed by atoms with Crippen molar-refractivity contribution in [3.63, 3.8) is 0 Å². The number of hydrogen-bond donors (Lipinski definition) is 1. The van der Waals surface area contributed by atoms with Crippen molar-refractivity contribution >= 4 is 5.69 Å². The van der Waals surface area contributed by atoms with Crippen molar-refractivity contribution in [3.8, 4) is 0 Å². The topological polar surface area (TPSA) is 15.3 Å². The quantitative estimate of drug-likeness (QED) is 0.795. The second-order valence-corrected chi connectivity index (χ2v) is 4.36. The third-order valence-electron chi connectivity index (χ3n) is 2.96. The van der Waals surface area contributed by atoms with E-state index in [-0.39, 0.29) is 0 Å². The van der Waals surface area contributed by atoms with Gasteiger partial charge in [0.15, 0.2) is 0 Å². The summed E-state index contributed by atoms with van der Waals surface area (Å²) in [4.78, 5) is 2.50. The van der Waals surface area contributed by atoms with E-state index in [2.05, 4.69) is 48.3 Å². The lowest BCUT2D eigenvalue weighted by molar-refractivity contribution is 0.552. The molecule has 0 amide bonds. The lowest BCUT2D eigenvalue weighted by Gasteiger charge is -2.25. The monoisotopic (exact) mass is 204 g/mol. The van der Waals surface area contributed by atoms with Crippen LogP contribution in [-0.4, -0.2) is 19.1 Å². The second-order valence-electron chi connectivity index (χ2n) is 4.36. The molecule has 0 saturated heterocycles. The molecule has 1 aromatic rings. The van der Waals surface area contributed by atoms with E-state index >= 15 is 0 Å². The van der Waals surface area contributed by atoms with Crippen LogP contribution in [0.5, 0.6) is 0 Å². The molecule has 0 saturated carbocycles. The van der Waals surface area contributed by atoms with Crippen molar-refractivity contribution in [2.75, 3.05) is 18.0 Å². The minimum atomic E-state index is 0.573. The van der Waals surface area contributed by atoms with Gasteiger partial charge in [0.05, 0.1) is 0 Å². The summed E-state index contributed by atoms with van der Waals surface area (Å²) in [6.07, 6.45) is 1.21. The molecule has 0 aromatic heterocycles. The number of nitrogens with one attached hydrogen (secondary N) is 1. The lowest BCUT2D eigenvalue weighted by atomic mass is 10.1. The van der Waals surface area contributed by atoms with Crippen LogP contribution in [0.3, 0.4) is 0 Å². The first-order chi connectivity index (χ1) is 7.31. The van der Waals surface area contributed by atoms with Gasteiger partial charge in [-0.05, 0) is 25.0 Å². The van der Waals surface area contributed by atoms with Crippen LogP contribution in [0, 0.1) is 0 Å². The molecule has 1 aliphatic heterocycles. The first-order valence-electron chi connectivity index (χ1n) is 5.87. The predicted octanol–water partition coefficient (Wildman–Crippen LogP) is 2.39. The molecule has 0 aliphatic carbocycles. The third kappa shape index (κ3) is 2.32. The summed E-state index contributed by atoms with van der Waals surface area (Å²) in [6.45, 7) is 7.77. The normalized spacial score (nSPS) is 20.9. The number of para-hydroxylation sites is 1. The van der Waals surface area contributed by atoms with Gasteiger partial charge in [0.2, 0.25) is 0 Å². The molecule has 82 valence electrons. The molecule has 0 bridgehead atoms. The Balaban J connectivity index is 2.28. The Morgan fingerprint density at radius 3 is 3.00 bits per heavy atom. The maximum atomic E-state index is 3.55. The fourth-order valence-electron chi connectivity index (χ4n) is 2.23. The number of fused-ring (bicyclic) bond motifs is 1. The van der Waals surface area contributed by atoms with Crippen LogP contribution < -0.4 is 10.2 Å². The average molecular weight is 204 g/mol. The molecular formula is C13H20N2. The van der Waals surface area contributed by atoms with Gasteiger partial charge in [0, 0.05) is 31.4 Å². The van der Waals surface area contributed by atoms with E-state index in [9.17, 15) is 0 Å². The van der Waals surface area contributed by atoms with E-state index in [0.717, 1.165) is 19.6 Å². The maximum Gasteiger partial charge on any atom is 0.0412 e. The molecular weight excluding hydrogens is 184 g/mol. The zero-order valence-corrected chi connectivity index (χ0v) is 9.66. The van der Waals surface area contributed by atoms with E-state index in [1.165, 1.54) is 17.7 Å².